The van der Waals surface area contributed by atoms with Crippen LogP contribution in [-0.2, 0) is 10.2 Å². The second-order valence-corrected chi connectivity index (χ2v) is 6.31. The van der Waals surface area contributed by atoms with Gasteiger partial charge in [-0.25, -0.2) is 13.6 Å². The number of carboxylic acids is 1. The lowest BCUT2D eigenvalue weighted by Crippen LogP contribution is -2.45. The number of rotatable bonds is 6. The van der Waals surface area contributed by atoms with Gasteiger partial charge in [-0.15, -0.1) is 0 Å². The standard InChI is InChI=1S/C17H22F2N2O3/c1-21(10-7-14(22)23)16(24)20-11-17(8-2-3-9-17)15-12(18)5-4-6-13(15)19/h4-6H,2-3,7-11H2,1H3,(H,20,24)(H,22,23). The van der Waals surface area contributed by atoms with Crippen molar-refractivity contribution in [2.75, 3.05) is 20.1 Å². The molecule has 0 spiro atoms. The first-order valence-electron chi connectivity index (χ1n) is 8.01. The Kier molecular flexibility index (Phi) is 5.75. The van der Waals surface area contributed by atoms with E-state index in [0.29, 0.717) is 12.8 Å². The third kappa shape index (κ3) is 4.01. The highest BCUT2D eigenvalue weighted by Crippen LogP contribution is 2.42. The fourth-order valence-electron chi connectivity index (χ4n) is 3.32. The normalized spacial score (nSPS) is 16.0. The first-order valence-corrected chi connectivity index (χ1v) is 8.01. The Balaban J connectivity index is 2.09. The van der Waals surface area contributed by atoms with Gasteiger partial charge in [0, 0.05) is 31.1 Å². The predicted molar refractivity (Wildman–Crippen MR) is 84.8 cm³/mol. The largest absolute Gasteiger partial charge is 0.481 e. The number of hydrogen-bond acceptors (Lipinski definition) is 2. The summed E-state index contributed by atoms with van der Waals surface area (Å²) in [4.78, 5) is 23.9. The van der Waals surface area contributed by atoms with Gasteiger partial charge in [0.05, 0.1) is 6.42 Å². The van der Waals surface area contributed by atoms with Crippen molar-refractivity contribution >= 4 is 12.0 Å². The van der Waals surface area contributed by atoms with Gasteiger partial charge in [0.1, 0.15) is 11.6 Å². The number of carbonyl (C=O) groups is 2. The molecule has 0 unspecified atom stereocenters. The van der Waals surface area contributed by atoms with Crippen molar-refractivity contribution in [1.82, 2.24) is 10.2 Å². The van der Waals surface area contributed by atoms with E-state index in [2.05, 4.69) is 5.32 Å². The van der Waals surface area contributed by atoms with Crippen LogP contribution >= 0.6 is 0 Å². The SMILES string of the molecule is CN(CCC(=O)O)C(=O)NCC1(c2c(F)cccc2F)CCCC1. The topological polar surface area (TPSA) is 69.6 Å². The Bertz CT molecular complexity index is 596. The van der Waals surface area contributed by atoms with Crippen LogP contribution in [0.25, 0.3) is 0 Å². The number of hydrogen-bond donors (Lipinski definition) is 2. The van der Waals surface area contributed by atoms with E-state index in [-0.39, 0.29) is 25.1 Å². The molecule has 0 saturated heterocycles. The van der Waals surface area contributed by atoms with E-state index in [1.54, 1.807) is 0 Å². The summed E-state index contributed by atoms with van der Waals surface area (Å²) in [6.07, 6.45) is 2.74. The van der Waals surface area contributed by atoms with Crippen LogP contribution in [0, 0.1) is 11.6 Å². The van der Waals surface area contributed by atoms with Gasteiger partial charge in [-0.3, -0.25) is 4.79 Å². The zero-order chi connectivity index (χ0) is 17.7. The Hall–Kier alpha value is -2.18. The van der Waals surface area contributed by atoms with Gasteiger partial charge in [0.25, 0.3) is 0 Å². The average Bonchev–Trinajstić information content (AvgIpc) is 2.99. The van der Waals surface area contributed by atoms with E-state index in [1.807, 2.05) is 0 Å². The lowest BCUT2D eigenvalue weighted by molar-refractivity contribution is -0.137. The lowest BCUT2D eigenvalue weighted by atomic mass is 9.78. The van der Waals surface area contributed by atoms with Gasteiger partial charge in [-0.2, -0.15) is 0 Å². The van der Waals surface area contributed by atoms with E-state index in [1.165, 1.54) is 30.1 Å². The Morgan fingerprint density at radius 3 is 2.38 bits per heavy atom. The molecular weight excluding hydrogens is 318 g/mol. The molecular formula is C17H22F2N2O3. The number of carboxylic acid groups (broad SMARTS) is 1. The summed E-state index contributed by atoms with van der Waals surface area (Å²) < 4.78 is 28.4. The fourth-order valence-corrected chi connectivity index (χ4v) is 3.32. The van der Waals surface area contributed by atoms with Crippen LogP contribution in [0.5, 0.6) is 0 Å². The number of benzene rings is 1. The molecule has 1 aromatic carbocycles. The smallest absolute Gasteiger partial charge is 0.317 e. The molecule has 2 amide bonds. The second kappa shape index (κ2) is 7.59. The first-order chi connectivity index (χ1) is 11.4. The zero-order valence-corrected chi connectivity index (χ0v) is 13.6. The van der Waals surface area contributed by atoms with Crippen molar-refractivity contribution in [3.63, 3.8) is 0 Å². The van der Waals surface area contributed by atoms with E-state index in [9.17, 15) is 18.4 Å². The molecule has 24 heavy (non-hydrogen) atoms. The second-order valence-electron chi connectivity index (χ2n) is 6.31. The van der Waals surface area contributed by atoms with Crippen LogP contribution in [-0.4, -0.2) is 42.1 Å². The summed E-state index contributed by atoms with van der Waals surface area (Å²) in [6.45, 7) is 0.198. The fraction of sp³-hybridized carbons (Fsp3) is 0.529. The molecule has 0 bridgehead atoms. The highest BCUT2D eigenvalue weighted by atomic mass is 19.1. The van der Waals surface area contributed by atoms with Gasteiger partial charge >= 0.3 is 12.0 Å². The van der Waals surface area contributed by atoms with Gasteiger partial charge in [0.2, 0.25) is 0 Å². The number of urea groups is 1. The summed E-state index contributed by atoms with van der Waals surface area (Å²) in [5.41, 5.74) is -0.713. The Morgan fingerprint density at radius 2 is 1.83 bits per heavy atom. The van der Waals surface area contributed by atoms with E-state index in [0.717, 1.165) is 12.8 Å². The molecule has 2 N–H and O–H groups in total. The molecule has 1 aromatic rings. The van der Waals surface area contributed by atoms with Gasteiger partial charge in [-0.05, 0) is 25.0 Å². The third-order valence-corrected chi connectivity index (χ3v) is 4.64. The molecule has 7 heteroatoms. The minimum absolute atomic E-state index is 0.0380. The molecule has 1 saturated carbocycles. The molecule has 0 radical (unpaired) electrons. The summed E-state index contributed by atoms with van der Waals surface area (Å²) in [6, 6.07) is 3.35. The molecule has 1 aliphatic carbocycles. The third-order valence-electron chi connectivity index (χ3n) is 4.64. The van der Waals surface area contributed by atoms with E-state index in [4.69, 9.17) is 5.11 Å². The van der Waals surface area contributed by atoms with Gasteiger partial charge < -0.3 is 15.3 Å². The average molecular weight is 340 g/mol. The molecule has 0 aliphatic heterocycles. The van der Waals surface area contributed by atoms with Gasteiger partial charge in [-0.1, -0.05) is 18.9 Å². The number of nitrogens with zero attached hydrogens (tertiary/aromatic N) is 1. The highest BCUT2D eigenvalue weighted by Gasteiger charge is 2.40. The minimum atomic E-state index is -0.990. The van der Waals surface area contributed by atoms with Crippen LogP contribution < -0.4 is 5.32 Å². The lowest BCUT2D eigenvalue weighted by Gasteiger charge is -2.31. The van der Waals surface area contributed by atoms with Crippen molar-refractivity contribution in [2.45, 2.75) is 37.5 Å². The molecule has 132 valence electrons. The summed E-state index contributed by atoms with van der Waals surface area (Å²) in [5.74, 6) is -2.17. The predicted octanol–water partition coefficient (Wildman–Crippen LogP) is 2.89. The molecule has 0 heterocycles. The minimum Gasteiger partial charge on any atom is -0.481 e. The highest BCUT2D eigenvalue weighted by molar-refractivity contribution is 5.75. The molecule has 1 aliphatic rings. The number of amides is 2. The van der Waals surface area contributed by atoms with Crippen molar-refractivity contribution < 1.29 is 23.5 Å². The van der Waals surface area contributed by atoms with Crippen LogP contribution in [0.1, 0.15) is 37.7 Å². The number of halogens is 2. The quantitative estimate of drug-likeness (QED) is 0.836. The molecule has 5 nitrogen and oxygen atoms in total. The maximum atomic E-state index is 14.2. The first kappa shape index (κ1) is 18.2. The maximum absolute atomic E-state index is 14.2. The van der Waals surface area contributed by atoms with Gasteiger partial charge in [0.15, 0.2) is 0 Å². The monoisotopic (exact) mass is 340 g/mol. The Morgan fingerprint density at radius 1 is 1.25 bits per heavy atom. The van der Waals surface area contributed by atoms with Crippen LogP contribution in [0.2, 0.25) is 0 Å². The molecule has 0 aromatic heterocycles. The molecule has 0 atom stereocenters. The number of aliphatic carboxylic acids is 1. The van der Waals surface area contributed by atoms with Crippen LogP contribution in [0.3, 0.4) is 0 Å². The van der Waals surface area contributed by atoms with Crippen LogP contribution in [0.4, 0.5) is 13.6 Å². The summed E-state index contributed by atoms with van der Waals surface area (Å²) in [7, 11) is 1.49. The van der Waals surface area contributed by atoms with Crippen molar-refractivity contribution in [3.05, 3.63) is 35.4 Å². The zero-order valence-electron chi connectivity index (χ0n) is 13.6. The molecule has 1 fully saturated rings. The van der Waals surface area contributed by atoms with Crippen molar-refractivity contribution in [2.24, 2.45) is 0 Å². The summed E-state index contributed by atoms with van der Waals surface area (Å²) >= 11 is 0. The van der Waals surface area contributed by atoms with E-state index < -0.39 is 29.0 Å². The van der Waals surface area contributed by atoms with Crippen LogP contribution in [0.15, 0.2) is 18.2 Å². The number of carbonyl (C=O) groups excluding carboxylic acids is 1. The summed E-state index contributed by atoms with van der Waals surface area (Å²) in [5, 5.41) is 11.4. The number of nitrogens with one attached hydrogen (secondary N) is 1. The van der Waals surface area contributed by atoms with Crippen molar-refractivity contribution in [1.29, 1.82) is 0 Å². The Labute approximate surface area is 139 Å². The van der Waals surface area contributed by atoms with Crippen molar-refractivity contribution in [3.8, 4) is 0 Å². The van der Waals surface area contributed by atoms with E-state index >= 15 is 0 Å². The maximum Gasteiger partial charge on any atom is 0.317 e. The molecule has 2 rings (SSSR count).